The second kappa shape index (κ2) is 11.7. The fourth-order valence-corrected chi connectivity index (χ4v) is 5.07. The maximum atomic E-state index is 10.0. The number of piperazine rings is 1. The third-order valence-corrected chi connectivity index (χ3v) is 7.33. The molecule has 2 aromatic rings. The van der Waals surface area contributed by atoms with E-state index in [4.69, 9.17) is 19.4 Å². The Labute approximate surface area is 214 Å². The van der Waals surface area contributed by atoms with Gasteiger partial charge >= 0.3 is 0 Å². The molecular formula is C27H40N6O3. The van der Waals surface area contributed by atoms with Crippen LogP contribution in [-0.4, -0.2) is 97.8 Å². The van der Waals surface area contributed by atoms with E-state index in [0.29, 0.717) is 24.2 Å². The van der Waals surface area contributed by atoms with E-state index in [1.807, 2.05) is 31.3 Å². The second-order valence-corrected chi connectivity index (χ2v) is 10.2. The van der Waals surface area contributed by atoms with Crippen LogP contribution in [0.15, 0.2) is 24.3 Å². The van der Waals surface area contributed by atoms with Gasteiger partial charge in [0.25, 0.3) is 0 Å². The largest absolute Gasteiger partial charge is 0.491 e. The summed E-state index contributed by atoms with van der Waals surface area (Å²) in [5.74, 6) is 3.31. The van der Waals surface area contributed by atoms with Crippen LogP contribution in [0.4, 0.5) is 11.6 Å². The Bertz CT molecular complexity index is 1000. The molecule has 1 aliphatic carbocycles. The van der Waals surface area contributed by atoms with E-state index in [1.165, 1.54) is 12.8 Å². The van der Waals surface area contributed by atoms with Crippen molar-refractivity contribution in [3.8, 4) is 17.1 Å². The van der Waals surface area contributed by atoms with E-state index < -0.39 is 6.10 Å². The van der Waals surface area contributed by atoms with Crippen LogP contribution < -0.4 is 20.3 Å². The first-order chi connectivity index (χ1) is 17.6. The summed E-state index contributed by atoms with van der Waals surface area (Å²) < 4.78 is 11.4. The highest BCUT2D eigenvalue weighted by Crippen LogP contribution is 2.32. The van der Waals surface area contributed by atoms with Crippen LogP contribution in [0, 0.1) is 6.92 Å². The van der Waals surface area contributed by atoms with Crippen LogP contribution in [0.5, 0.6) is 5.75 Å². The van der Waals surface area contributed by atoms with E-state index in [-0.39, 0.29) is 6.61 Å². The van der Waals surface area contributed by atoms with Crippen LogP contribution in [-0.2, 0) is 4.74 Å². The van der Waals surface area contributed by atoms with Gasteiger partial charge < -0.3 is 30.1 Å². The van der Waals surface area contributed by atoms with E-state index >= 15 is 0 Å². The number of nitrogens with one attached hydrogen (secondary N) is 2. The molecule has 1 unspecified atom stereocenters. The van der Waals surface area contributed by atoms with Gasteiger partial charge in [0.1, 0.15) is 30.1 Å². The summed E-state index contributed by atoms with van der Waals surface area (Å²) in [5, 5.41) is 16.7. The van der Waals surface area contributed by atoms with Crippen LogP contribution >= 0.6 is 0 Å². The van der Waals surface area contributed by atoms with Gasteiger partial charge in [-0.25, -0.2) is 9.97 Å². The molecule has 0 amide bonds. The first-order valence-electron chi connectivity index (χ1n) is 13.4. The first kappa shape index (κ1) is 25.2. The molecule has 0 radical (unpaired) electrons. The summed E-state index contributed by atoms with van der Waals surface area (Å²) in [5.41, 5.74) is 2.01. The van der Waals surface area contributed by atoms with Gasteiger partial charge in [0.05, 0.1) is 0 Å². The Hall–Kier alpha value is -2.46. The molecule has 9 heteroatoms. The van der Waals surface area contributed by atoms with Crippen molar-refractivity contribution in [3.63, 3.8) is 0 Å². The summed E-state index contributed by atoms with van der Waals surface area (Å²) in [6.07, 6.45) is 4.09. The summed E-state index contributed by atoms with van der Waals surface area (Å²) >= 11 is 0. The zero-order chi connectivity index (χ0) is 24.9. The van der Waals surface area contributed by atoms with Crippen LogP contribution in [0.3, 0.4) is 0 Å². The minimum absolute atomic E-state index is 0.228. The molecule has 0 spiro atoms. The molecule has 3 N–H and O–H groups in total. The lowest BCUT2D eigenvalue weighted by Crippen LogP contribution is -2.47. The van der Waals surface area contributed by atoms with E-state index in [1.54, 1.807) is 0 Å². The number of aliphatic hydroxyl groups is 1. The highest BCUT2D eigenvalue weighted by Gasteiger charge is 2.32. The lowest BCUT2D eigenvalue weighted by atomic mass is 10.1. The number of anilines is 2. The van der Waals surface area contributed by atoms with Gasteiger partial charge in [0, 0.05) is 69.1 Å². The number of nitrogens with zero attached hydrogens (tertiary/aromatic N) is 4. The number of ether oxygens (including phenoxy) is 2. The number of aromatic nitrogens is 2. The first-order valence-corrected chi connectivity index (χ1v) is 13.4. The van der Waals surface area contributed by atoms with Crippen LogP contribution in [0.2, 0.25) is 0 Å². The standard InChI is InChI=1S/C27H40N6O3/c1-19-25(29-21-8-14-35-15-9-21)30-26(20-4-3-5-24(16-20)36-18-23(34)17-28-2)31-27(19)33-12-10-32(11-13-33)22-6-7-22/h3-5,16,21-23,28,34H,6-15,17-18H2,1-2H3,(H,29,30,31). The lowest BCUT2D eigenvalue weighted by Gasteiger charge is -2.36. The Kier molecular flexibility index (Phi) is 8.21. The molecule has 3 aliphatic rings. The molecule has 1 atom stereocenters. The van der Waals surface area contributed by atoms with Crippen molar-refractivity contribution < 1.29 is 14.6 Å². The average molecular weight is 497 g/mol. The minimum Gasteiger partial charge on any atom is -0.491 e. The zero-order valence-electron chi connectivity index (χ0n) is 21.6. The van der Waals surface area contributed by atoms with Crippen molar-refractivity contribution in [1.29, 1.82) is 0 Å². The van der Waals surface area contributed by atoms with Crippen molar-refractivity contribution in [1.82, 2.24) is 20.2 Å². The van der Waals surface area contributed by atoms with Gasteiger partial charge in [-0.3, -0.25) is 4.90 Å². The highest BCUT2D eigenvalue weighted by molar-refractivity contribution is 5.67. The van der Waals surface area contributed by atoms with Crippen LogP contribution in [0.25, 0.3) is 11.4 Å². The molecule has 3 fully saturated rings. The number of benzene rings is 1. The normalized spacial score (nSPS) is 20.4. The summed E-state index contributed by atoms with van der Waals surface area (Å²) in [7, 11) is 1.81. The van der Waals surface area contributed by atoms with Crippen LogP contribution in [0.1, 0.15) is 31.2 Å². The Morgan fingerprint density at radius 2 is 1.89 bits per heavy atom. The molecule has 1 aromatic carbocycles. The van der Waals surface area contributed by atoms with Crippen molar-refractivity contribution >= 4 is 11.6 Å². The Morgan fingerprint density at radius 1 is 1.11 bits per heavy atom. The van der Waals surface area contributed by atoms with Gasteiger partial charge in [-0.1, -0.05) is 12.1 Å². The van der Waals surface area contributed by atoms with Gasteiger partial charge in [-0.05, 0) is 51.8 Å². The molecule has 0 bridgehead atoms. The fraction of sp³-hybridized carbons (Fsp3) is 0.630. The number of hydrogen-bond donors (Lipinski definition) is 3. The van der Waals surface area contributed by atoms with Gasteiger partial charge in [-0.15, -0.1) is 0 Å². The minimum atomic E-state index is -0.564. The number of likely N-dealkylation sites (N-methyl/N-ethyl adjacent to an activating group) is 1. The smallest absolute Gasteiger partial charge is 0.164 e. The van der Waals surface area contributed by atoms with Crippen molar-refractivity contribution in [2.45, 2.75) is 50.8 Å². The SMILES string of the molecule is CNCC(O)COc1cccc(-c2nc(NC3CCOCC3)c(C)c(N3CCN(C4CC4)CC3)n2)c1. The van der Waals surface area contributed by atoms with E-state index in [9.17, 15) is 5.11 Å². The average Bonchev–Trinajstić information content (AvgIpc) is 3.76. The van der Waals surface area contributed by atoms with Crippen molar-refractivity contribution in [3.05, 3.63) is 29.8 Å². The molecule has 1 saturated carbocycles. The van der Waals surface area contributed by atoms with E-state index in [0.717, 1.165) is 81.0 Å². The number of hydrogen-bond acceptors (Lipinski definition) is 9. The maximum absolute atomic E-state index is 10.0. The molecule has 5 rings (SSSR count). The topological polar surface area (TPSA) is 95.0 Å². The lowest BCUT2D eigenvalue weighted by molar-refractivity contribution is 0.0904. The molecule has 2 aliphatic heterocycles. The van der Waals surface area contributed by atoms with Crippen molar-refractivity contribution in [2.24, 2.45) is 0 Å². The molecule has 1 aromatic heterocycles. The molecule has 2 saturated heterocycles. The highest BCUT2D eigenvalue weighted by atomic mass is 16.5. The maximum Gasteiger partial charge on any atom is 0.164 e. The molecule has 196 valence electrons. The zero-order valence-corrected chi connectivity index (χ0v) is 21.6. The predicted octanol–water partition coefficient (Wildman–Crippen LogP) is 2.29. The Balaban J connectivity index is 1.40. The quantitative estimate of drug-likeness (QED) is 0.458. The number of aliphatic hydroxyl groups excluding tert-OH is 1. The molecule has 36 heavy (non-hydrogen) atoms. The Morgan fingerprint density at radius 3 is 2.61 bits per heavy atom. The monoisotopic (exact) mass is 496 g/mol. The van der Waals surface area contributed by atoms with Crippen molar-refractivity contribution in [2.75, 3.05) is 69.8 Å². The second-order valence-electron chi connectivity index (χ2n) is 10.2. The summed E-state index contributed by atoms with van der Waals surface area (Å²) in [6.45, 7) is 8.55. The molecular weight excluding hydrogens is 456 g/mol. The van der Waals surface area contributed by atoms with Gasteiger partial charge in [0.2, 0.25) is 0 Å². The number of rotatable bonds is 10. The third-order valence-electron chi connectivity index (χ3n) is 7.33. The molecule has 9 nitrogen and oxygen atoms in total. The summed E-state index contributed by atoms with van der Waals surface area (Å²) in [6, 6.07) is 9.00. The van der Waals surface area contributed by atoms with Gasteiger partial charge in [0.15, 0.2) is 5.82 Å². The van der Waals surface area contributed by atoms with E-state index in [2.05, 4.69) is 27.4 Å². The predicted molar refractivity (Wildman–Crippen MR) is 142 cm³/mol. The van der Waals surface area contributed by atoms with Gasteiger partial charge in [-0.2, -0.15) is 0 Å². The fourth-order valence-electron chi connectivity index (χ4n) is 5.07. The molecule has 3 heterocycles. The third kappa shape index (κ3) is 6.26. The summed E-state index contributed by atoms with van der Waals surface area (Å²) in [4.78, 5) is 15.1.